The predicted molar refractivity (Wildman–Crippen MR) is 74.9 cm³/mol. The van der Waals surface area contributed by atoms with Crippen molar-refractivity contribution in [2.75, 3.05) is 13.1 Å². The second kappa shape index (κ2) is 7.09. The summed E-state index contributed by atoms with van der Waals surface area (Å²) in [6, 6.07) is 5.97. The van der Waals surface area contributed by atoms with Crippen LogP contribution in [0.25, 0.3) is 0 Å². The lowest BCUT2D eigenvalue weighted by Crippen LogP contribution is -2.37. The molecule has 0 aromatic carbocycles. The van der Waals surface area contributed by atoms with Gasteiger partial charge in [0.15, 0.2) is 0 Å². The number of pyridine rings is 1. The molecule has 106 valence electrons. The molecule has 0 spiro atoms. The van der Waals surface area contributed by atoms with Gasteiger partial charge in [-0.15, -0.1) is 0 Å². The van der Waals surface area contributed by atoms with Gasteiger partial charge in [0.25, 0.3) is 0 Å². The van der Waals surface area contributed by atoms with Crippen molar-refractivity contribution >= 4 is 6.09 Å². The summed E-state index contributed by atoms with van der Waals surface area (Å²) in [6.07, 6.45) is 1.38. The third-order valence-electron chi connectivity index (χ3n) is 2.38. The second-order valence-corrected chi connectivity index (χ2v) is 5.36. The molecule has 0 unspecified atom stereocenters. The average Bonchev–Trinajstić information content (AvgIpc) is 2.33. The lowest BCUT2D eigenvalue weighted by molar-refractivity contribution is 0.0528. The maximum Gasteiger partial charge on any atom is 0.407 e. The summed E-state index contributed by atoms with van der Waals surface area (Å²) in [7, 11) is 0. The largest absolute Gasteiger partial charge is 0.444 e. The van der Waals surface area contributed by atoms with Gasteiger partial charge in [-0.1, -0.05) is 6.07 Å². The molecule has 0 aliphatic heterocycles. The molecular formula is C14H23N3O2. The van der Waals surface area contributed by atoms with Crippen LogP contribution in [0, 0.1) is 0 Å². The third-order valence-corrected chi connectivity index (χ3v) is 2.38. The number of nitrogens with zero attached hydrogens (tertiary/aromatic N) is 1. The molecule has 5 heteroatoms. The second-order valence-electron chi connectivity index (χ2n) is 5.36. The highest BCUT2D eigenvalue weighted by molar-refractivity contribution is 5.67. The number of aromatic nitrogens is 1. The van der Waals surface area contributed by atoms with Gasteiger partial charge >= 0.3 is 6.09 Å². The summed E-state index contributed by atoms with van der Waals surface area (Å²) in [5.74, 6) is 0. The van der Waals surface area contributed by atoms with Crippen molar-refractivity contribution < 1.29 is 9.53 Å². The van der Waals surface area contributed by atoms with E-state index >= 15 is 0 Å². The average molecular weight is 265 g/mol. The number of hydrogen-bond acceptors (Lipinski definition) is 4. The highest BCUT2D eigenvalue weighted by Crippen LogP contribution is 2.07. The van der Waals surface area contributed by atoms with Gasteiger partial charge in [-0.05, 0) is 39.8 Å². The van der Waals surface area contributed by atoms with Crippen LogP contribution in [0.2, 0.25) is 0 Å². The maximum atomic E-state index is 11.4. The summed E-state index contributed by atoms with van der Waals surface area (Å²) in [4.78, 5) is 15.7. The zero-order valence-electron chi connectivity index (χ0n) is 12.1. The summed E-state index contributed by atoms with van der Waals surface area (Å²) in [5.41, 5.74) is 0.526. The van der Waals surface area contributed by atoms with Gasteiger partial charge in [0.1, 0.15) is 5.60 Å². The normalized spacial score (nSPS) is 12.8. The summed E-state index contributed by atoms with van der Waals surface area (Å²) in [6.45, 7) is 8.74. The summed E-state index contributed by atoms with van der Waals surface area (Å²) >= 11 is 0. The smallest absolute Gasteiger partial charge is 0.407 e. The molecule has 0 fully saturated rings. The first-order valence-corrected chi connectivity index (χ1v) is 6.49. The molecule has 1 atom stereocenters. The SMILES string of the molecule is C[C@@H](NCCNC(=O)OC(C)(C)C)c1ccccn1. The molecule has 0 aliphatic carbocycles. The first-order chi connectivity index (χ1) is 8.88. The van der Waals surface area contributed by atoms with Gasteiger partial charge in [-0.2, -0.15) is 0 Å². The molecule has 0 aliphatic rings. The van der Waals surface area contributed by atoms with Gasteiger partial charge in [-0.3, -0.25) is 4.98 Å². The van der Waals surface area contributed by atoms with E-state index in [-0.39, 0.29) is 12.1 Å². The predicted octanol–water partition coefficient (Wildman–Crippen LogP) is 2.26. The number of carbonyl (C=O) groups excluding carboxylic acids is 1. The van der Waals surface area contributed by atoms with E-state index in [0.717, 1.165) is 5.69 Å². The molecule has 1 aromatic rings. The Labute approximate surface area is 114 Å². The molecule has 0 radical (unpaired) electrons. The third kappa shape index (κ3) is 6.76. The van der Waals surface area contributed by atoms with E-state index in [0.29, 0.717) is 13.1 Å². The Bertz CT molecular complexity index is 387. The first kappa shape index (κ1) is 15.4. The topological polar surface area (TPSA) is 63.2 Å². The number of nitrogens with one attached hydrogen (secondary N) is 2. The van der Waals surface area contributed by atoms with E-state index < -0.39 is 5.60 Å². The van der Waals surface area contributed by atoms with Gasteiger partial charge in [0.05, 0.1) is 5.69 Å². The number of carbonyl (C=O) groups is 1. The van der Waals surface area contributed by atoms with Crippen LogP contribution in [0.4, 0.5) is 4.79 Å². The van der Waals surface area contributed by atoms with Gasteiger partial charge in [0.2, 0.25) is 0 Å². The molecule has 0 saturated carbocycles. The van der Waals surface area contributed by atoms with Crippen molar-refractivity contribution in [3.63, 3.8) is 0 Å². The Morgan fingerprint density at radius 3 is 2.68 bits per heavy atom. The zero-order chi connectivity index (χ0) is 14.3. The number of amides is 1. The Morgan fingerprint density at radius 1 is 1.37 bits per heavy atom. The highest BCUT2D eigenvalue weighted by atomic mass is 16.6. The molecule has 1 heterocycles. The van der Waals surface area contributed by atoms with E-state index in [2.05, 4.69) is 15.6 Å². The van der Waals surface area contributed by atoms with Crippen molar-refractivity contribution in [1.29, 1.82) is 0 Å². The molecule has 0 saturated heterocycles. The fourth-order valence-electron chi connectivity index (χ4n) is 1.50. The van der Waals surface area contributed by atoms with Crippen LogP contribution in [-0.2, 0) is 4.74 Å². The fourth-order valence-corrected chi connectivity index (χ4v) is 1.50. The van der Waals surface area contributed by atoms with Crippen LogP contribution in [-0.4, -0.2) is 29.8 Å². The summed E-state index contributed by atoms with van der Waals surface area (Å²) in [5, 5.41) is 5.99. The van der Waals surface area contributed by atoms with Crippen LogP contribution in [0.1, 0.15) is 39.4 Å². The molecule has 1 aromatic heterocycles. The van der Waals surface area contributed by atoms with E-state index in [9.17, 15) is 4.79 Å². The Morgan fingerprint density at radius 2 is 2.11 bits per heavy atom. The fraction of sp³-hybridized carbons (Fsp3) is 0.571. The molecule has 2 N–H and O–H groups in total. The standard InChI is InChI=1S/C14H23N3O2/c1-11(12-7-5-6-8-16-12)15-9-10-17-13(18)19-14(2,3)4/h5-8,11,15H,9-10H2,1-4H3,(H,17,18)/t11-/m1/s1. The lowest BCUT2D eigenvalue weighted by atomic mass is 10.2. The van der Waals surface area contributed by atoms with Crippen LogP contribution in [0.15, 0.2) is 24.4 Å². The van der Waals surface area contributed by atoms with Crippen molar-refractivity contribution in [1.82, 2.24) is 15.6 Å². The zero-order valence-corrected chi connectivity index (χ0v) is 12.1. The number of rotatable bonds is 5. The Balaban J connectivity index is 2.19. The van der Waals surface area contributed by atoms with Crippen LogP contribution >= 0.6 is 0 Å². The molecule has 1 amide bonds. The number of alkyl carbamates (subject to hydrolysis) is 1. The minimum absolute atomic E-state index is 0.154. The van der Waals surface area contributed by atoms with E-state index in [1.165, 1.54) is 0 Å². The first-order valence-electron chi connectivity index (χ1n) is 6.49. The van der Waals surface area contributed by atoms with Crippen molar-refractivity contribution in [2.45, 2.75) is 39.3 Å². The van der Waals surface area contributed by atoms with E-state index in [1.807, 2.05) is 45.9 Å². The van der Waals surface area contributed by atoms with Crippen molar-refractivity contribution in [3.05, 3.63) is 30.1 Å². The van der Waals surface area contributed by atoms with Crippen LogP contribution in [0.5, 0.6) is 0 Å². The van der Waals surface area contributed by atoms with Gasteiger partial charge in [-0.25, -0.2) is 4.79 Å². The Hall–Kier alpha value is -1.62. The maximum absolute atomic E-state index is 11.4. The number of hydrogen-bond donors (Lipinski definition) is 2. The van der Waals surface area contributed by atoms with E-state index in [1.54, 1.807) is 6.20 Å². The minimum atomic E-state index is -0.460. The molecular weight excluding hydrogens is 242 g/mol. The van der Waals surface area contributed by atoms with E-state index in [4.69, 9.17) is 4.74 Å². The van der Waals surface area contributed by atoms with Crippen molar-refractivity contribution in [2.24, 2.45) is 0 Å². The summed E-state index contributed by atoms with van der Waals surface area (Å²) < 4.78 is 5.14. The monoisotopic (exact) mass is 265 g/mol. The lowest BCUT2D eigenvalue weighted by Gasteiger charge is -2.20. The number of ether oxygens (including phenoxy) is 1. The van der Waals surface area contributed by atoms with Crippen LogP contribution < -0.4 is 10.6 Å². The highest BCUT2D eigenvalue weighted by Gasteiger charge is 2.15. The molecule has 1 rings (SSSR count). The van der Waals surface area contributed by atoms with Gasteiger partial charge < -0.3 is 15.4 Å². The van der Waals surface area contributed by atoms with Crippen LogP contribution in [0.3, 0.4) is 0 Å². The minimum Gasteiger partial charge on any atom is -0.444 e. The Kier molecular flexibility index (Phi) is 5.76. The van der Waals surface area contributed by atoms with Gasteiger partial charge in [0, 0.05) is 25.3 Å². The van der Waals surface area contributed by atoms with Crippen molar-refractivity contribution in [3.8, 4) is 0 Å². The quantitative estimate of drug-likeness (QED) is 0.802. The molecule has 19 heavy (non-hydrogen) atoms. The molecule has 5 nitrogen and oxygen atoms in total. The molecule has 0 bridgehead atoms.